The van der Waals surface area contributed by atoms with E-state index in [-0.39, 0.29) is 5.91 Å². The molecular formula is C14H20N4OS. The van der Waals surface area contributed by atoms with Crippen molar-refractivity contribution >= 4 is 17.2 Å². The highest BCUT2D eigenvalue weighted by Gasteiger charge is 2.15. The number of carbonyl (C=O) groups is 1. The van der Waals surface area contributed by atoms with Crippen LogP contribution in [-0.4, -0.2) is 38.9 Å². The molecule has 0 saturated carbocycles. The summed E-state index contributed by atoms with van der Waals surface area (Å²) in [6.45, 7) is 5.47. The molecule has 0 N–H and O–H groups in total. The normalized spacial score (nSPS) is 10.8. The van der Waals surface area contributed by atoms with Gasteiger partial charge in [-0.15, -0.1) is 11.3 Å². The number of hydrogen-bond acceptors (Lipinski definition) is 4. The van der Waals surface area contributed by atoms with Gasteiger partial charge in [0, 0.05) is 37.9 Å². The summed E-state index contributed by atoms with van der Waals surface area (Å²) < 4.78 is 2.04. The van der Waals surface area contributed by atoms with Gasteiger partial charge in [0.25, 0.3) is 5.91 Å². The van der Waals surface area contributed by atoms with Crippen molar-refractivity contribution in [2.45, 2.75) is 33.2 Å². The average molecular weight is 292 g/mol. The van der Waals surface area contributed by atoms with Crippen molar-refractivity contribution < 1.29 is 4.79 Å². The second kappa shape index (κ2) is 6.65. The predicted octanol–water partition coefficient (Wildman–Crippen LogP) is 2.37. The zero-order chi connectivity index (χ0) is 14.5. The topological polar surface area (TPSA) is 51.0 Å². The number of likely N-dealkylation sites (N-methyl/N-ethyl adjacent to an activating group) is 1. The average Bonchev–Trinajstić information content (AvgIpc) is 3.05. The molecule has 0 aliphatic rings. The van der Waals surface area contributed by atoms with Gasteiger partial charge in [-0.2, -0.15) is 0 Å². The van der Waals surface area contributed by atoms with Crippen molar-refractivity contribution in [3.8, 4) is 0 Å². The van der Waals surface area contributed by atoms with E-state index in [1.807, 2.05) is 30.1 Å². The summed E-state index contributed by atoms with van der Waals surface area (Å²) in [5.41, 5.74) is 0.559. The van der Waals surface area contributed by atoms with Crippen LogP contribution in [0.15, 0.2) is 17.8 Å². The van der Waals surface area contributed by atoms with Gasteiger partial charge in [0.1, 0.15) is 11.5 Å². The Balaban J connectivity index is 1.92. The maximum Gasteiger partial charge on any atom is 0.273 e. The number of thiazole rings is 1. The largest absolute Gasteiger partial charge is 0.339 e. The van der Waals surface area contributed by atoms with Gasteiger partial charge < -0.3 is 9.47 Å². The predicted molar refractivity (Wildman–Crippen MR) is 80.0 cm³/mol. The Kier molecular flexibility index (Phi) is 4.89. The lowest BCUT2D eigenvalue weighted by atomic mass is 10.3. The zero-order valence-electron chi connectivity index (χ0n) is 12.2. The molecule has 1 amide bonds. The van der Waals surface area contributed by atoms with E-state index in [1.165, 1.54) is 0 Å². The fraction of sp³-hybridized carbons (Fsp3) is 0.500. The Labute approximate surface area is 123 Å². The highest BCUT2D eigenvalue weighted by atomic mass is 32.1. The second-order valence-corrected chi connectivity index (χ2v) is 5.71. The smallest absolute Gasteiger partial charge is 0.273 e. The van der Waals surface area contributed by atoms with Crippen LogP contribution in [0.2, 0.25) is 0 Å². The summed E-state index contributed by atoms with van der Waals surface area (Å²) in [5.74, 6) is 0.950. The Morgan fingerprint density at radius 1 is 1.50 bits per heavy atom. The molecule has 2 rings (SSSR count). The summed E-state index contributed by atoms with van der Waals surface area (Å²) in [4.78, 5) is 22.5. The third-order valence-electron chi connectivity index (χ3n) is 3.18. The number of imidazole rings is 1. The highest BCUT2D eigenvalue weighted by molar-refractivity contribution is 7.09. The maximum absolute atomic E-state index is 12.3. The molecule has 6 heteroatoms. The second-order valence-electron chi connectivity index (χ2n) is 4.77. The molecule has 0 aromatic carbocycles. The van der Waals surface area contributed by atoms with E-state index in [1.54, 1.807) is 22.4 Å². The first-order chi connectivity index (χ1) is 9.61. The van der Waals surface area contributed by atoms with E-state index in [4.69, 9.17) is 0 Å². The van der Waals surface area contributed by atoms with Crippen LogP contribution in [0.25, 0.3) is 0 Å². The number of nitrogens with zero attached hydrogens (tertiary/aromatic N) is 4. The van der Waals surface area contributed by atoms with Crippen molar-refractivity contribution in [2.75, 3.05) is 13.6 Å². The van der Waals surface area contributed by atoms with Gasteiger partial charge in [-0.3, -0.25) is 4.79 Å². The molecule has 5 nitrogen and oxygen atoms in total. The van der Waals surface area contributed by atoms with Crippen LogP contribution >= 0.6 is 11.3 Å². The number of rotatable bonds is 6. The van der Waals surface area contributed by atoms with Gasteiger partial charge >= 0.3 is 0 Å². The van der Waals surface area contributed by atoms with Crippen LogP contribution in [0.1, 0.15) is 34.7 Å². The SMILES string of the molecule is CCCc1nc(C(=O)N(C)CCn2ccnc2C)cs1. The summed E-state index contributed by atoms with van der Waals surface area (Å²) in [7, 11) is 1.81. The highest BCUT2D eigenvalue weighted by Crippen LogP contribution is 2.13. The van der Waals surface area contributed by atoms with Crippen LogP contribution in [0.3, 0.4) is 0 Å². The van der Waals surface area contributed by atoms with E-state index < -0.39 is 0 Å². The van der Waals surface area contributed by atoms with Crippen molar-refractivity contribution in [3.63, 3.8) is 0 Å². The van der Waals surface area contributed by atoms with Crippen LogP contribution in [0, 0.1) is 6.92 Å². The lowest BCUT2D eigenvalue weighted by molar-refractivity contribution is 0.0785. The molecular weight excluding hydrogens is 272 g/mol. The third-order valence-corrected chi connectivity index (χ3v) is 4.09. The molecule has 0 bridgehead atoms. The summed E-state index contributed by atoms with van der Waals surface area (Å²) >= 11 is 1.56. The molecule has 0 atom stereocenters. The monoisotopic (exact) mass is 292 g/mol. The number of aryl methyl sites for hydroxylation is 2. The first kappa shape index (κ1) is 14.7. The standard InChI is InChI=1S/C14H20N4OS/c1-4-5-13-16-12(10-20-13)14(19)17(3)8-9-18-7-6-15-11(18)2/h6-7,10H,4-5,8-9H2,1-3H3. The minimum Gasteiger partial charge on any atom is -0.339 e. The molecule has 2 heterocycles. The molecule has 0 radical (unpaired) electrons. The van der Waals surface area contributed by atoms with Crippen molar-refractivity contribution in [1.29, 1.82) is 0 Å². The molecule has 0 spiro atoms. The fourth-order valence-electron chi connectivity index (χ4n) is 1.93. The van der Waals surface area contributed by atoms with E-state index in [2.05, 4.69) is 16.9 Å². The van der Waals surface area contributed by atoms with Gasteiger partial charge in [-0.25, -0.2) is 9.97 Å². The number of aromatic nitrogens is 3. The molecule has 2 aromatic heterocycles. The van der Waals surface area contributed by atoms with E-state index in [0.717, 1.165) is 30.2 Å². The molecule has 0 aliphatic heterocycles. The lowest BCUT2D eigenvalue weighted by Crippen LogP contribution is -2.30. The van der Waals surface area contributed by atoms with Crippen LogP contribution < -0.4 is 0 Å². The molecule has 0 fully saturated rings. The molecule has 0 saturated heterocycles. The Hall–Kier alpha value is -1.69. The third kappa shape index (κ3) is 3.45. The summed E-state index contributed by atoms with van der Waals surface area (Å²) in [6, 6.07) is 0. The Morgan fingerprint density at radius 2 is 2.30 bits per heavy atom. The van der Waals surface area contributed by atoms with Gasteiger partial charge in [-0.05, 0) is 19.8 Å². The lowest BCUT2D eigenvalue weighted by Gasteiger charge is -2.16. The minimum absolute atomic E-state index is 0.0126. The maximum atomic E-state index is 12.3. The Bertz CT molecular complexity index is 575. The number of amides is 1. The van der Waals surface area contributed by atoms with Crippen molar-refractivity contribution in [1.82, 2.24) is 19.4 Å². The molecule has 0 aliphatic carbocycles. The van der Waals surface area contributed by atoms with Gasteiger partial charge in [0.05, 0.1) is 5.01 Å². The van der Waals surface area contributed by atoms with Crippen LogP contribution in [0.5, 0.6) is 0 Å². The number of hydrogen-bond donors (Lipinski definition) is 0. The molecule has 20 heavy (non-hydrogen) atoms. The van der Waals surface area contributed by atoms with Gasteiger partial charge in [-0.1, -0.05) is 6.92 Å². The fourth-order valence-corrected chi connectivity index (χ4v) is 2.81. The van der Waals surface area contributed by atoms with E-state index in [0.29, 0.717) is 12.2 Å². The first-order valence-corrected chi connectivity index (χ1v) is 7.67. The summed E-state index contributed by atoms with van der Waals surface area (Å²) in [5, 5.41) is 2.89. The minimum atomic E-state index is -0.0126. The van der Waals surface area contributed by atoms with Gasteiger partial charge in [0.15, 0.2) is 0 Å². The van der Waals surface area contributed by atoms with Gasteiger partial charge in [0.2, 0.25) is 0 Å². The van der Waals surface area contributed by atoms with E-state index in [9.17, 15) is 4.79 Å². The summed E-state index contributed by atoms with van der Waals surface area (Å²) in [6.07, 6.45) is 5.69. The van der Waals surface area contributed by atoms with Crippen LogP contribution in [-0.2, 0) is 13.0 Å². The van der Waals surface area contributed by atoms with E-state index >= 15 is 0 Å². The molecule has 2 aromatic rings. The number of carbonyl (C=O) groups excluding carboxylic acids is 1. The zero-order valence-corrected chi connectivity index (χ0v) is 13.0. The molecule has 108 valence electrons. The van der Waals surface area contributed by atoms with Crippen LogP contribution in [0.4, 0.5) is 0 Å². The Morgan fingerprint density at radius 3 is 2.95 bits per heavy atom. The molecule has 0 unspecified atom stereocenters. The quantitative estimate of drug-likeness (QED) is 0.821. The van der Waals surface area contributed by atoms with Crippen molar-refractivity contribution in [2.24, 2.45) is 0 Å². The van der Waals surface area contributed by atoms with Crippen molar-refractivity contribution in [3.05, 3.63) is 34.3 Å². The first-order valence-electron chi connectivity index (χ1n) is 6.79.